The zero-order chi connectivity index (χ0) is 22.3. The number of hydrogen-bond donors (Lipinski definition) is 0. The third-order valence-corrected chi connectivity index (χ3v) is 4.79. The van der Waals surface area contributed by atoms with E-state index in [0.717, 1.165) is 17.1 Å². The molecule has 2 aliphatic heterocycles. The number of terminal acetylenes is 1. The predicted octanol–water partition coefficient (Wildman–Crippen LogP) is 3.62. The van der Waals surface area contributed by atoms with Crippen molar-refractivity contribution in [1.29, 1.82) is 0 Å². The van der Waals surface area contributed by atoms with Crippen LogP contribution in [0.15, 0.2) is 45.7 Å². The maximum Gasteiger partial charge on any atom is 0.410 e. The number of carbonyl (C=O) groups excluding carboxylic acids is 1. The van der Waals surface area contributed by atoms with Crippen LogP contribution in [0.1, 0.15) is 41.5 Å². The number of guanidine groups is 1. The first kappa shape index (κ1) is 23.3. The van der Waals surface area contributed by atoms with Crippen LogP contribution in [0, 0.1) is 12.3 Å². The van der Waals surface area contributed by atoms with Crippen molar-refractivity contribution in [1.82, 2.24) is 14.8 Å². The van der Waals surface area contributed by atoms with Gasteiger partial charge < -0.3 is 14.5 Å². The molecule has 0 bridgehead atoms. The van der Waals surface area contributed by atoms with Crippen molar-refractivity contribution in [3.8, 4) is 12.3 Å². The van der Waals surface area contributed by atoms with E-state index in [-0.39, 0.29) is 12.1 Å². The Bertz CT molecular complexity index is 816. The second kappa shape index (κ2) is 10.1. The Morgan fingerprint density at radius 1 is 1.33 bits per heavy atom. The van der Waals surface area contributed by atoms with Gasteiger partial charge in [-0.3, -0.25) is 0 Å². The van der Waals surface area contributed by atoms with Gasteiger partial charge in [0.25, 0.3) is 0 Å². The predicted molar refractivity (Wildman–Crippen MR) is 122 cm³/mol. The van der Waals surface area contributed by atoms with Crippen LogP contribution in [0.25, 0.3) is 0 Å². The van der Waals surface area contributed by atoms with Gasteiger partial charge in [-0.1, -0.05) is 18.1 Å². The Kier molecular flexibility index (Phi) is 7.87. The van der Waals surface area contributed by atoms with E-state index in [0.29, 0.717) is 26.2 Å². The molecule has 0 aromatic rings. The monoisotopic (exact) mass is 411 g/mol. The average Bonchev–Trinajstić information content (AvgIpc) is 2.68. The molecule has 0 aromatic heterocycles. The highest BCUT2D eigenvalue weighted by Crippen LogP contribution is 2.25. The number of hydrogen-bond acceptors (Lipinski definition) is 6. The highest BCUT2D eigenvalue weighted by Gasteiger charge is 2.32. The summed E-state index contributed by atoms with van der Waals surface area (Å²) in [5, 5.41) is 6.50. The molecular formula is C23H33N5O2. The number of allylic oxidation sites excluding steroid dienone is 3. The van der Waals surface area contributed by atoms with Gasteiger partial charge in [-0.25, -0.2) is 14.8 Å². The Morgan fingerprint density at radius 2 is 2.00 bits per heavy atom. The van der Waals surface area contributed by atoms with Crippen molar-refractivity contribution in [2.24, 2.45) is 10.1 Å². The first-order chi connectivity index (χ1) is 14.2. The van der Waals surface area contributed by atoms with E-state index in [4.69, 9.17) is 16.2 Å². The lowest BCUT2D eigenvalue weighted by Crippen LogP contribution is -2.56. The average molecular weight is 412 g/mol. The molecule has 1 unspecified atom stereocenters. The molecule has 1 fully saturated rings. The van der Waals surface area contributed by atoms with Crippen molar-refractivity contribution in [3.63, 3.8) is 0 Å². The molecule has 0 radical (unpaired) electrons. The first-order valence-electron chi connectivity index (χ1n) is 10.3. The van der Waals surface area contributed by atoms with Gasteiger partial charge in [0.05, 0.1) is 6.04 Å². The molecule has 7 heteroatoms. The van der Waals surface area contributed by atoms with Gasteiger partial charge in [-0.15, -0.1) is 6.42 Å². The fraction of sp³-hybridized carbons (Fsp3) is 0.522. The molecule has 0 aromatic carbocycles. The SMILES string of the molecule is C#C/C=C\C=C(/C)C1=CN=C(N2CCN(C(=O)OC(C)(C)C)CC2)N(/N=C\C)C1C. The molecule has 1 atom stereocenters. The van der Waals surface area contributed by atoms with Crippen LogP contribution in [-0.4, -0.2) is 70.9 Å². The topological polar surface area (TPSA) is 60.7 Å². The fourth-order valence-electron chi connectivity index (χ4n) is 3.29. The second-order valence-electron chi connectivity index (χ2n) is 8.24. The molecule has 0 saturated carbocycles. The highest BCUT2D eigenvalue weighted by atomic mass is 16.6. The van der Waals surface area contributed by atoms with Gasteiger partial charge >= 0.3 is 6.09 Å². The molecule has 30 heavy (non-hydrogen) atoms. The molecule has 0 aliphatic carbocycles. The number of aliphatic imine (C=N–C) groups is 1. The molecular weight excluding hydrogens is 378 g/mol. The van der Waals surface area contributed by atoms with Gasteiger partial charge in [0.2, 0.25) is 5.96 Å². The lowest BCUT2D eigenvalue weighted by atomic mass is 10.00. The van der Waals surface area contributed by atoms with Crippen LogP contribution < -0.4 is 0 Å². The van der Waals surface area contributed by atoms with Crippen molar-refractivity contribution in [2.45, 2.75) is 53.2 Å². The van der Waals surface area contributed by atoms with Gasteiger partial charge in [-0.05, 0) is 58.8 Å². The van der Waals surface area contributed by atoms with E-state index in [1.54, 1.807) is 17.2 Å². The van der Waals surface area contributed by atoms with Crippen LogP contribution in [0.3, 0.4) is 0 Å². The van der Waals surface area contributed by atoms with Crippen molar-refractivity contribution in [3.05, 3.63) is 35.6 Å². The third kappa shape index (κ3) is 5.99. The quantitative estimate of drug-likeness (QED) is 0.404. The van der Waals surface area contributed by atoms with Crippen LogP contribution in [0.2, 0.25) is 0 Å². The minimum absolute atomic E-state index is 0.0214. The van der Waals surface area contributed by atoms with Crippen molar-refractivity contribution in [2.75, 3.05) is 26.2 Å². The maximum atomic E-state index is 12.3. The highest BCUT2D eigenvalue weighted by molar-refractivity contribution is 5.83. The summed E-state index contributed by atoms with van der Waals surface area (Å²) in [6, 6.07) is 0.0214. The molecule has 2 aliphatic rings. The zero-order valence-electron chi connectivity index (χ0n) is 18.9. The van der Waals surface area contributed by atoms with E-state index in [2.05, 4.69) is 22.8 Å². The van der Waals surface area contributed by atoms with Crippen LogP contribution in [0.4, 0.5) is 4.79 Å². The number of amides is 1. The third-order valence-electron chi connectivity index (χ3n) is 4.79. The maximum absolute atomic E-state index is 12.3. The minimum atomic E-state index is -0.494. The van der Waals surface area contributed by atoms with Gasteiger partial charge in [0.1, 0.15) is 5.60 Å². The molecule has 7 nitrogen and oxygen atoms in total. The Hall–Kier alpha value is -3.01. The molecule has 1 saturated heterocycles. The summed E-state index contributed by atoms with van der Waals surface area (Å²) in [6.45, 7) is 14.2. The normalized spacial score (nSPS) is 21.0. The molecule has 0 spiro atoms. The Balaban J connectivity index is 2.16. The van der Waals surface area contributed by atoms with E-state index >= 15 is 0 Å². The van der Waals surface area contributed by atoms with Gasteiger partial charge in [0.15, 0.2) is 0 Å². The number of rotatable bonds is 3. The summed E-state index contributed by atoms with van der Waals surface area (Å²) < 4.78 is 5.49. The van der Waals surface area contributed by atoms with Crippen molar-refractivity contribution >= 4 is 18.3 Å². The smallest absolute Gasteiger partial charge is 0.410 e. The standard InChI is InChI=1S/C23H33N5O2/c1-8-10-11-12-18(3)20-17-24-21(28(19(20)4)25-9-2)26-13-15-27(16-14-26)22(29)30-23(5,6)7/h1,9-12,17,19H,13-16H2,2-7H3/b11-10-,18-12+,25-9-. The molecule has 162 valence electrons. The van der Waals surface area contributed by atoms with E-state index in [1.165, 1.54) is 0 Å². The van der Waals surface area contributed by atoms with E-state index in [9.17, 15) is 4.79 Å². The number of ether oxygens (including phenoxy) is 1. The Morgan fingerprint density at radius 3 is 2.57 bits per heavy atom. The summed E-state index contributed by atoms with van der Waals surface area (Å²) in [7, 11) is 0. The molecule has 2 rings (SSSR count). The molecule has 1 amide bonds. The van der Waals surface area contributed by atoms with Crippen molar-refractivity contribution < 1.29 is 9.53 Å². The number of nitrogens with zero attached hydrogens (tertiary/aromatic N) is 5. The summed E-state index contributed by atoms with van der Waals surface area (Å²) in [5.41, 5.74) is 1.67. The molecule has 0 N–H and O–H groups in total. The largest absolute Gasteiger partial charge is 0.444 e. The number of hydrazone groups is 1. The lowest BCUT2D eigenvalue weighted by Gasteiger charge is -2.41. The lowest BCUT2D eigenvalue weighted by molar-refractivity contribution is 0.0179. The summed E-state index contributed by atoms with van der Waals surface area (Å²) in [4.78, 5) is 21.0. The van der Waals surface area contributed by atoms with Crippen LogP contribution >= 0.6 is 0 Å². The summed E-state index contributed by atoms with van der Waals surface area (Å²) in [5.74, 6) is 3.28. The second-order valence-corrected chi connectivity index (χ2v) is 8.24. The number of piperazine rings is 1. The first-order valence-corrected chi connectivity index (χ1v) is 10.3. The molecule has 2 heterocycles. The Labute approximate surface area is 180 Å². The minimum Gasteiger partial charge on any atom is -0.444 e. The van der Waals surface area contributed by atoms with E-state index < -0.39 is 5.60 Å². The fourth-order valence-corrected chi connectivity index (χ4v) is 3.29. The van der Waals surface area contributed by atoms with Gasteiger partial charge in [-0.2, -0.15) is 5.10 Å². The number of carbonyl (C=O) groups is 1. The zero-order valence-corrected chi connectivity index (χ0v) is 18.9. The van der Waals surface area contributed by atoms with Crippen LogP contribution in [-0.2, 0) is 4.74 Å². The van der Waals surface area contributed by atoms with E-state index in [1.807, 2.05) is 58.0 Å². The summed E-state index contributed by atoms with van der Waals surface area (Å²) >= 11 is 0. The van der Waals surface area contributed by atoms with Crippen LogP contribution in [0.5, 0.6) is 0 Å². The summed E-state index contributed by atoms with van der Waals surface area (Å²) in [6.07, 6.45) is 14.2. The van der Waals surface area contributed by atoms with Gasteiger partial charge in [0, 0.05) is 38.6 Å².